The predicted molar refractivity (Wildman–Crippen MR) is 106 cm³/mol. The second-order valence-electron chi connectivity index (χ2n) is 5.12. The van der Waals surface area contributed by atoms with Crippen LogP contribution in [0.4, 0.5) is 5.00 Å². The van der Waals surface area contributed by atoms with Gasteiger partial charge in [-0.1, -0.05) is 15.9 Å². The number of nitrogens with one attached hydrogen (secondary N) is 1. The van der Waals surface area contributed by atoms with E-state index in [9.17, 15) is 9.59 Å². The summed E-state index contributed by atoms with van der Waals surface area (Å²) in [7, 11) is 0. The first kappa shape index (κ1) is 19.9. The number of carbonyl (C=O) groups excluding carboxylic acids is 2. The largest absolute Gasteiger partial charge is 0.483 e. The van der Waals surface area contributed by atoms with E-state index < -0.39 is 5.97 Å². The van der Waals surface area contributed by atoms with Crippen molar-refractivity contribution in [3.05, 3.63) is 43.1 Å². The molecule has 5 nitrogen and oxygen atoms in total. The summed E-state index contributed by atoms with van der Waals surface area (Å²) < 4.78 is 12.2. The van der Waals surface area contributed by atoms with Crippen LogP contribution < -0.4 is 10.1 Å². The third-order valence-electron chi connectivity index (χ3n) is 3.37. The Labute approximate surface area is 167 Å². The third-order valence-corrected chi connectivity index (χ3v) is 5.61. The molecule has 25 heavy (non-hydrogen) atoms. The number of ether oxygens (including phenoxy) is 2. The number of aryl methyl sites for hydroxylation is 1. The molecule has 0 fully saturated rings. The minimum atomic E-state index is -0.434. The lowest BCUT2D eigenvalue weighted by molar-refractivity contribution is -0.118. The number of hydrogen-bond acceptors (Lipinski definition) is 5. The van der Waals surface area contributed by atoms with Gasteiger partial charge in [0.2, 0.25) is 0 Å². The third kappa shape index (κ3) is 5.05. The van der Waals surface area contributed by atoms with Crippen LogP contribution in [0.1, 0.15) is 27.7 Å². The highest BCUT2D eigenvalue weighted by Gasteiger charge is 2.22. The Bertz CT molecular complexity index is 804. The van der Waals surface area contributed by atoms with Gasteiger partial charge in [-0.2, -0.15) is 0 Å². The van der Waals surface area contributed by atoms with Gasteiger partial charge in [-0.3, -0.25) is 4.79 Å². The van der Waals surface area contributed by atoms with E-state index in [0.29, 0.717) is 16.3 Å². The Morgan fingerprint density at radius 1 is 1.24 bits per heavy atom. The van der Waals surface area contributed by atoms with Crippen LogP contribution in [0.2, 0.25) is 0 Å². The summed E-state index contributed by atoms with van der Waals surface area (Å²) in [4.78, 5) is 25.3. The Hall–Kier alpha value is -1.38. The zero-order valence-corrected chi connectivity index (χ0v) is 17.9. The predicted octanol–water partition coefficient (Wildman–Crippen LogP) is 5.08. The molecule has 134 valence electrons. The van der Waals surface area contributed by atoms with E-state index in [1.165, 1.54) is 11.3 Å². The van der Waals surface area contributed by atoms with E-state index in [-0.39, 0.29) is 19.1 Å². The second-order valence-corrected chi connectivity index (χ2v) is 8.11. The highest BCUT2D eigenvalue weighted by Crippen LogP contribution is 2.33. The number of carbonyl (C=O) groups is 2. The minimum Gasteiger partial charge on any atom is -0.483 e. The molecular formula is C17H17Br2NO4S. The second kappa shape index (κ2) is 8.82. The van der Waals surface area contributed by atoms with Crippen molar-refractivity contribution in [2.75, 3.05) is 18.5 Å². The van der Waals surface area contributed by atoms with Crippen LogP contribution in [0.3, 0.4) is 0 Å². The summed E-state index contributed by atoms with van der Waals surface area (Å²) in [6.07, 6.45) is 0. The van der Waals surface area contributed by atoms with Crippen LogP contribution in [0.5, 0.6) is 5.75 Å². The first-order valence-corrected chi connectivity index (χ1v) is 9.88. The lowest BCUT2D eigenvalue weighted by atomic mass is 10.1. The molecule has 2 aromatic rings. The van der Waals surface area contributed by atoms with Gasteiger partial charge in [-0.15, -0.1) is 11.3 Å². The molecule has 2 rings (SSSR count). The smallest absolute Gasteiger partial charge is 0.341 e. The molecule has 0 saturated carbocycles. The highest BCUT2D eigenvalue weighted by atomic mass is 79.9. The lowest BCUT2D eigenvalue weighted by Crippen LogP contribution is -2.21. The molecule has 8 heteroatoms. The van der Waals surface area contributed by atoms with Gasteiger partial charge in [-0.25, -0.2) is 4.79 Å². The van der Waals surface area contributed by atoms with Crippen LogP contribution in [0.25, 0.3) is 0 Å². The van der Waals surface area contributed by atoms with E-state index in [1.807, 2.05) is 26.0 Å². The van der Waals surface area contributed by atoms with E-state index >= 15 is 0 Å². The number of thiophene rings is 1. The maximum Gasteiger partial charge on any atom is 0.341 e. The van der Waals surface area contributed by atoms with Gasteiger partial charge in [0, 0.05) is 9.35 Å². The van der Waals surface area contributed by atoms with Crippen molar-refractivity contribution < 1.29 is 19.1 Å². The SMILES string of the molecule is CCOC(=O)c1c(NC(=O)COc2ccc(Br)cc2Br)sc(C)c1C. The number of hydrogen-bond donors (Lipinski definition) is 1. The van der Waals surface area contributed by atoms with E-state index in [4.69, 9.17) is 9.47 Å². The molecular weight excluding hydrogens is 474 g/mol. The molecule has 0 aliphatic heterocycles. The van der Waals surface area contributed by atoms with Crippen molar-refractivity contribution >= 4 is 60.1 Å². The molecule has 1 heterocycles. The van der Waals surface area contributed by atoms with Crippen LogP contribution in [-0.4, -0.2) is 25.1 Å². The number of rotatable bonds is 6. The zero-order chi connectivity index (χ0) is 18.6. The summed E-state index contributed by atoms with van der Waals surface area (Å²) in [5, 5.41) is 3.23. The molecule has 1 amide bonds. The fourth-order valence-corrected chi connectivity index (χ4v) is 4.29. The maximum atomic E-state index is 12.2. The fourth-order valence-electron chi connectivity index (χ4n) is 2.06. The fraction of sp³-hybridized carbons (Fsp3) is 0.294. The summed E-state index contributed by atoms with van der Waals surface area (Å²) in [6.45, 7) is 5.59. The lowest BCUT2D eigenvalue weighted by Gasteiger charge is -2.10. The number of anilines is 1. The molecule has 0 atom stereocenters. The summed E-state index contributed by atoms with van der Waals surface area (Å²) >= 11 is 8.08. The van der Waals surface area contributed by atoms with Crippen molar-refractivity contribution in [1.29, 1.82) is 0 Å². The van der Waals surface area contributed by atoms with Gasteiger partial charge in [0.25, 0.3) is 5.91 Å². The molecule has 1 aromatic carbocycles. The van der Waals surface area contributed by atoms with Gasteiger partial charge in [0.15, 0.2) is 6.61 Å². The van der Waals surface area contributed by atoms with Gasteiger partial charge in [0.1, 0.15) is 10.8 Å². The molecule has 1 aromatic heterocycles. The molecule has 1 N–H and O–H groups in total. The molecule has 0 radical (unpaired) electrons. The standard InChI is InChI=1S/C17H17Br2NO4S/c1-4-23-17(22)15-9(2)10(3)25-16(15)20-14(21)8-24-13-6-5-11(18)7-12(13)19/h5-7H,4,8H2,1-3H3,(H,20,21). The summed E-state index contributed by atoms with van der Waals surface area (Å²) in [6, 6.07) is 5.41. The number of halogens is 2. The normalized spacial score (nSPS) is 10.4. The molecule has 0 spiro atoms. The average molecular weight is 491 g/mol. The first-order chi connectivity index (χ1) is 11.8. The zero-order valence-electron chi connectivity index (χ0n) is 13.9. The summed E-state index contributed by atoms with van der Waals surface area (Å²) in [5.74, 6) is -0.222. The molecule has 0 aliphatic carbocycles. The van der Waals surface area contributed by atoms with Gasteiger partial charge in [0.05, 0.1) is 16.6 Å². The van der Waals surface area contributed by atoms with E-state index in [1.54, 1.807) is 13.0 Å². The van der Waals surface area contributed by atoms with Crippen LogP contribution in [0.15, 0.2) is 27.1 Å². The average Bonchev–Trinajstić information content (AvgIpc) is 2.81. The van der Waals surface area contributed by atoms with Gasteiger partial charge >= 0.3 is 5.97 Å². The number of esters is 1. The Morgan fingerprint density at radius 3 is 2.60 bits per heavy atom. The van der Waals surface area contributed by atoms with Crippen molar-refractivity contribution in [2.24, 2.45) is 0 Å². The molecule has 0 bridgehead atoms. The highest BCUT2D eigenvalue weighted by molar-refractivity contribution is 9.11. The molecule has 0 saturated heterocycles. The number of amides is 1. The quantitative estimate of drug-likeness (QED) is 0.573. The van der Waals surface area contributed by atoms with Crippen molar-refractivity contribution in [1.82, 2.24) is 0 Å². The number of benzene rings is 1. The van der Waals surface area contributed by atoms with Crippen LogP contribution in [0, 0.1) is 13.8 Å². The van der Waals surface area contributed by atoms with Crippen molar-refractivity contribution in [2.45, 2.75) is 20.8 Å². The topological polar surface area (TPSA) is 64.6 Å². The molecule has 0 unspecified atom stereocenters. The first-order valence-electron chi connectivity index (χ1n) is 7.48. The maximum absolute atomic E-state index is 12.2. The van der Waals surface area contributed by atoms with E-state index in [2.05, 4.69) is 37.2 Å². The van der Waals surface area contributed by atoms with Crippen LogP contribution in [-0.2, 0) is 9.53 Å². The van der Waals surface area contributed by atoms with Gasteiger partial charge in [-0.05, 0) is 60.5 Å². The van der Waals surface area contributed by atoms with Crippen molar-refractivity contribution in [3.8, 4) is 5.75 Å². The summed E-state index contributed by atoms with van der Waals surface area (Å²) in [5.41, 5.74) is 1.22. The van der Waals surface area contributed by atoms with Gasteiger partial charge < -0.3 is 14.8 Å². The Balaban J connectivity index is 2.08. The van der Waals surface area contributed by atoms with Crippen LogP contribution >= 0.6 is 43.2 Å². The Kier molecular flexibility index (Phi) is 7.04. The Morgan fingerprint density at radius 2 is 1.96 bits per heavy atom. The minimum absolute atomic E-state index is 0.168. The van der Waals surface area contributed by atoms with Crippen molar-refractivity contribution in [3.63, 3.8) is 0 Å². The van der Waals surface area contributed by atoms with E-state index in [0.717, 1.165) is 19.4 Å². The monoisotopic (exact) mass is 489 g/mol. The molecule has 0 aliphatic rings.